The lowest BCUT2D eigenvalue weighted by atomic mass is 10.0. The summed E-state index contributed by atoms with van der Waals surface area (Å²) < 4.78 is 0. The van der Waals surface area contributed by atoms with E-state index >= 15 is 0 Å². The molecule has 0 aromatic heterocycles. The van der Waals surface area contributed by atoms with E-state index in [-0.39, 0.29) is 22.8 Å². The molecular formula is C25H26N4O3. The molecule has 3 rings (SSSR count). The van der Waals surface area contributed by atoms with Gasteiger partial charge in [-0.05, 0) is 47.6 Å². The van der Waals surface area contributed by atoms with Crippen molar-refractivity contribution >= 4 is 34.5 Å². The van der Waals surface area contributed by atoms with E-state index in [1.54, 1.807) is 6.07 Å². The monoisotopic (exact) mass is 430 g/mol. The second-order valence-electron chi connectivity index (χ2n) is 7.58. The van der Waals surface area contributed by atoms with Gasteiger partial charge in [-0.1, -0.05) is 44.2 Å². The van der Waals surface area contributed by atoms with Gasteiger partial charge in [-0.25, -0.2) is 0 Å². The molecule has 0 aliphatic carbocycles. The number of amides is 2. The Morgan fingerprint density at radius 2 is 1.84 bits per heavy atom. The molecule has 0 heterocycles. The SMILES string of the molecule is CC(C)CCC(=O)Nc1ccc(C=N)c2ccccc12.N#Cc1cc(C(N)=O)ccc1O. The molecule has 0 saturated carbocycles. The minimum atomic E-state index is -0.619. The summed E-state index contributed by atoms with van der Waals surface area (Å²) >= 11 is 0. The highest BCUT2D eigenvalue weighted by molar-refractivity contribution is 6.07. The van der Waals surface area contributed by atoms with Crippen LogP contribution in [0.1, 0.15) is 48.2 Å². The minimum Gasteiger partial charge on any atom is -0.507 e. The Morgan fingerprint density at radius 3 is 2.44 bits per heavy atom. The van der Waals surface area contributed by atoms with Crippen molar-refractivity contribution in [2.75, 3.05) is 5.32 Å². The number of fused-ring (bicyclic) bond motifs is 1. The number of carbonyl (C=O) groups is 2. The maximum atomic E-state index is 12.0. The first-order valence-electron chi connectivity index (χ1n) is 10.1. The van der Waals surface area contributed by atoms with Crippen molar-refractivity contribution in [1.29, 1.82) is 10.7 Å². The molecule has 7 nitrogen and oxygen atoms in total. The third-order valence-electron chi connectivity index (χ3n) is 4.74. The van der Waals surface area contributed by atoms with Crippen LogP contribution in [0.3, 0.4) is 0 Å². The van der Waals surface area contributed by atoms with Gasteiger partial charge in [-0.2, -0.15) is 5.26 Å². The van der Waals surface area contributed by atoms with Gasteiger partial charge in [-0.3, -0.25) is 9.59 Å². The predicted octanol–water partition coefficient (Wildman–Crippen LogP) is 4.57. The van der Waals surface area contributed by atoms with E-state index in [0.717, 1.165) is 28.4 Å². The van der Waals surface area contributed by atoms with E-state index in [1.165, 1.54) is 24.4 Å². The van der Waals surface area contributed by atoms with Crippen molar-refractivity contribution in [3.63, 3.8) is 0 Å². The number of rotatable bonds is 6. The predicted molar refractivity (Wildman–Crippen MR) is 126 cm³/mol. The van der Waals surface area contributed by atoms with Crippen molar-refractivity contribution in [2.45, 2.75) is 26.7 Å². The van der Waals surface area contributed by atoms with Gasteiger partial charge in [0.05, 0.1) is 5.56 Å². The summed E-state index contributed by atoms with van der Waals surface area (Å²) in [6.07, 6.45) is 2.77. The molecular weight excluding hydrogens is 404 g/mol. The van der Waals surface area contributed by atoms with Crippen LogP contribution < -0.4 is 11.1 Å². The quantitative estimate of drug-likeness (QED) is 0.425. The van der Waals surface area contributed by atoms with Crippen molar-refractivity contribution < 1.29 is 14.7 Å². The zero-order chi connectivity index (χ0) is 23.7. The van der Waals surface area contributed by atoms with Gasteiger partial charge < -0.3 is 21.6 Å². The maximum Gasteiger partial charge on any atom is 0.248 e. The van der Waals surface area contributed by atoms with E-state index in [9.17, 15) is 9.59 Å². The summed E-state index contributed by atoms with van der Waals surface area (Å²) in [5.41, 5.74) is 6.90. The highest BCUT2D eigenvalue weighted by atomic mass is 16.3. The van der Waals surface area contributed by atoms with Crippen LogP contribution >= 0.6 is 0 Å². The number of benzene rings is 3. The molecule has 7 heteroatoms. The first-order chi connectivity index (χ1) is 15.3. The van der Waals surface area contributed by atoms with Gasteiger partial charge in [0.1, 0.15) is 11.8 Å². The summed E-state index contributed by atoms with van der Waals surface area (Å²) in [7, 11) is 0. The van der Waals surface area contributed by atoms with Crippen LogP contribution in [0.4, 0.5) is 5.69 Å². The lowest BCUT2D eigenvalue weighted by Crippen LogP contribution is -2.12. The largest absolute Gasteiger partial charge is 0.507 e. The fourth-order valence-corrected chi connectivity index (χ4v) is 2.97. The number of anilines is 1. The number of carbonyl (C=O) groups excluding carboxylic acids is 2. The third-order valence-corrected chi connectivity index (χ3v) is 4.74. The topological polar surface area (TPSA) is 140 Å². The van der Waals surface area contributed by atoms with E-state index in [4.69, 9.17) is 21.5 Å². The van der Waals surface area contributed by atoms with Gasteiger partial charge in [0.2, 0.25) is 11.8 Å². The molecule has 164 valence electrons. The normalized spacial score (nSPS) is 10.1. The van der Waals surface area contributed by atoms with Crippen molar-refractivity contribution in [2.24, 2.45) is 11.7 Å². The molecule has 5 N–H and O–H groups in total. The number of aromatic hydroxyl groups is 1. The van der Waals surface area contributed by atoms with Crippen LogP contribution in [0.5, 0.6) is 5.75 Å². The zero-order valence-corrected chi connectivity index (χ0v) is 18.1. The number of nitriles is 1. The lowest BCUT2D eigenvalue weighted by molar-refractivity contribution is -0.116. The van der Waals surface area contributed by atoms with Crippen LogP contribution in [0.2, 0.25) is 0 Å². The molecule has 0 radical (unpaired) electrons. The number of phenols is 1. The summed E-state index contributed by atoms with van der Waals surface area (Å²) in [6.45, 7) is 4.23. The number of nitrogens with zero attached hydrogens (tertiary/aromatic N) is 1. The zero-order valence-electron chi connectivity index (χ0n) is 18.1. The average Bonchev–Trinajstić information content (AvgIpc) is 2.78. The first-order valence-corrected chi connectivity index (χ1v) is 10.1. The summed E-state index contributed by atoms with van der Waals surface area (Å²) in [5.74, 6) is -0.196. The Bertz CT molecular complexity index is 1180. The average molecular weight is 431 g/mol. The van der Waals surface area contributed by atoms with E-state index in [1.807, 2.05) is 36.4 Å². The molecule has 3 aromatic rings. The smallest absolute Gasteiger partial charge is 0.248 e. The third kappa shape index (κ3) is 6.41. The highest BCUT2D eigenvalue weighted by Gasteiger charge is 2.08. The van der Waals surface area contributed by atoms with Gasteiger partial charge in [0, 0.05) is 29.3 Å². The van der Waals surface area contributed by atoms with Gasteiger partial charge >= 0.3 is 0 Å². The van der Waals surface area contributed by atoms with Crippen LogP contribution in [-0.4, -0.2) is 23.1 Å². The number of primary amides is 1. The van der Waals surface area contributed by atoms with Gasteiger partial charge in [0.25, 0.3) is 0 Å². The van der Waals surface area contributed by atoms with Gasteiger partial charge in [-0.15, -0.1) is 0 Å². The molecule has 0 saturated heterocycles. The number of nitrogens with two attached hydrogens (primary N) is 1. The highest BCUT2D eigenvalue weighted by Crippen LogP contribution is 2.26. The Hall–Kier alpha value is -4.18. The molecule has 0 atom stereocenters. The summed E-state index contributed by atoms with van der Waals surface area (Å²) in [4.78, 5) is 22.6. The van der Waals surface area contributed by atoms with Crippen molar-refractivity contribution in [3.8, 4) is 11.8 Å². The van der Waals surface area contributed by atoms with E-state index in [0.29, 0.717) is 12.3 Å². The van der Waals surface area contributed by atoms with Crippen LogP contribution in [0.25, 0.3) is 10.8 Å². The number of nitrogens with one attached hydrogen (secondary N) is 2. The minimum absolute atomic E-state index is 0.0475. The summed E-state index contributed by atoms with van der Waals surface area (Å²) in [6, 6.07) is 17.2. The Morgan fingerprint density at radius 1 is 1.16 bits per heavy atom. The number of phenolic OH excluding ortho intramolecular Hbond substituents is 1. The van der Waals surface area contributed by atoms with Crippen molar-refractivity contribution in [1.82, 2.24) is 0 Å². The molecule has 0 aliphatic rings. The van der Waals surface area contributed by atoms with E-state index in [2.05, 4.69) is 19.2 Å². The first kappa shape index (κ1) is 24.1. The molecule has 0 fully saturated rings. The fraction of sp³-hybridized carbons (Fsp3) is 0.200. The Labute approximate surface area is 187 Å². The second kappa shape index (κ2) is 11.3. The molecule has 3 aromatic carbocycles. The number of hydrogen-bond acceptors (Lipinski definition) is 5. The van der Waals surface area contributed by atoms with Crippen molar-refractivity contribution in [3.05, 3.63) is 71.3 Å². The molecule has 0 unspecified atom stereocenters. The van der Waals surface area contributed by atoms with Crippen LogP contribution in [0, 0.1) is 22.7 Å². The molecule has 0 aliphatic heterocycles. The fourth-order valence-electron chi connectivity index (χ4n) is 2.97. The standard InChI is InChI=1S/C17H20N2O.C8H6N2O2/c1-12(2)7-10-17(20)19-16-9-8-13(11-18)14-5-3-4-6-15(14)16;9-4-6-3-5(8(10)12)1-2-7(6)11/h3-6,8-9,11-12,18H,7,10H2,1-2H3,(H,19,20);1-3,11H,(H2,10,12). The van der Waals surface area contributed by atoms with E-state index < -0.39 is 5.91 Å². The molecule has 0 bridgehead atoms. The summed E-state index contributed by atoms with van der Waals surface area (Å²) in [5, 5.41) is 29.9. The lowest BCUT2D eigenvalue weighted by Gasteiger charge is -2.11. The van der Waals surface area contributed by atoms with Crippen LogP contribution in [-0.2, 0) is 4.79 Å². The number of hydrogen-bond donors (Lipinski definition) is 4. The Kier molecular flexibility index (Phi) is 8.49. The molecule has 2 amide bonds. The molecule has 0 spiro atoms. The Balaban J connectivity index is 0.000000258. The van der Waals surface area contributed by atoms with Crippen LogP contribution in [0.15, 0.2) is 54.6 Å². The molecule has 32 heavy (non-hydrogen) atoms. The second-order valence-corrected chi connectivity index (χ2v) is 7.58. The van der Waals surface area contributed by atoms with Gasteiger partial charge in [0.15, 0.2) is 0 Å². The maximum absolute atomic E-state index is 12.0.